The van der Waals surface area contributed by atoms with E-state index < -0.39 is 5.91 Å². The number of carbonyl (C=O) groups excluding carboxylic acids is 2. The molecule has 0 radical (unpaired) electrons. The minimum absolute atomic E-state index is 0.0821. The fraction of sp³-hybridized carbons (Fsp3) is 0.222. The topological polar surface area (TPSA) is 86.1 Å². The predicted octanol–water partition coefficient (Wildman–Crippen LogP) is 2.44. The average molecular weight is 320 g/mol. The second-order valence-corrected chi connectivity index (χ2v) is 5.54. The van der Waals surface area contributed by atoms with Crippen LogP contribution in [0.5, 0.6) is 0 Å². The second kappa shape index (κ2) is 6.92. The van der Waals surface area contributed by atoms with E-state index in [1.807, 2.05) is 6.07 Å². The summed E-state index contributed by atoms with van der Waals surface area (Å²) in [5, 5.41) is 11.7. The summed E-state index contributed by atoms with van der Waals surface area (Å²) in [5.74, 6) is -0.532. The molecule has 2 aromatic rings. The average Bonchev–Trinajstić information content (AvgIpc) is 3.16. The van der Waals surface area contributed by atoms with Crippen LogP contribution in [0.3, 0.4) is 0 Å². The molecule has 6 heteroatoms. The van der Waals surface area contributed by atoms with Crippen LogP contribution >= 0.6 is 0 Å². The van der Waals surface area contributed by atoms with Gasteiger partial charge in [0, 0.05) is 24.8 Å². The number of hydrogen-bond donors (Lipinski definition) is 1. The van der Waals surface area contributed by atoms with Gasteiger partial charge in [-0.1, -0.05) is 12.1 Å². The lowest BCUT2D eigenvalue weighted by molar-refractivity contribution is 0.0792. The first kappa shape index (κ1) is 15.7. The molecule has 1 aromatic carbocycles. The first-order valence-corrected chi connectivity index (χ1v) is 7.75. The molecule has 0 aliphatic carbocycles. The van der Waals surface area contributed by atoms with E-state index in [-0.39, 0.29) is 11.6 Å². The molecule has 2 heterocycles. The molecule has 1 N–H and O–H groups in total. The third kappa shape index (κ3) is 3.25. The maximum Gasteiger partial charge on any atom is 0.274 e. The number of rotatable bonds is 3. The van der Waals surface area contributed by atoms with Crippen molar-refractivity contribution in [2.45, 2.75) is 12.8 Å². The highest BCUT2D eigenvalue weighted by atomic mass is 16.2. The van der Waals surface area contributed by atoms with Gasteiger partial charge in [0.2, 0.25) is 0 Å². The largest absolute Gasteiger partial charge is 0.339 e. The summed E-state index contributed by atoms with van der Waals surface area (Å²) in [6.45, 7) is 1.50. The number of hydrogen-bond acceptors (Lipinski definition) is 4. The van der Waals surface area contributed by atoms with Crippen molar-refractivity contribution in [3.63, 3.8) is 0 Å². The summed E-state index contributed by atoms with van der Waals surface area (Å²) in [7, 11) is 0. The van der Waals surface area contributed by atoms with Gasteiger partial charge in [-0.25, -0.2) is 0 Å². The van der Waals surface area contributed by atoms with Crippen LogP contribution in [0.4, 0.5) is 5.69 Å². The molecule has 3 rings (SSSR count). The van der Waals surface area contributed by atoms with Gasteiger partial charge < -0.3 is 10.2 Å². The van der Waals surface area contributed by atoms with Crippen molar-refractivity contribution in [1.82, 2.24) is 9.88 Å². The Bertz CT molecular complexity index is 820. The maximum absolute atomic E-state index is 12.4. The highest BCUT2D eigenvalue weighted by Gasteiger charge is 2.20. The van der Waals surface area contributed by atoms with Crippen molar-refractivity contribution in [2.75, 3.05) is 18.4 Å². The lowest BCUT2D eigenvalue weighted by atomic mass is 10.1. The van der Waals surface area contributed by atoms with Crippen molar-refractivity contribution in [1.29, 1.82) is 5.26 Å². The van der Waals surface area contributed by atoms with Gasteiger partial charge in [0.15, 0.2) is 0 Å². The Hall–Kier alpha value is -3.20. The van der Waals surface area contributed by atoms with Gasteiger partial charge in [-0.2, -0.15) is 5.26 Å². The lowest BCUT2D eigenvalue weighted by Crippen LogP contribution is -2.28. The number of nitriles is 1. The highest BCUT2D eigenvalue weighted by Crippen LogP contribution is 2.16. The zero-order chi connectivity index (χ0) is 16.9. The number of likely N-dealkylation sites (tertiary alicyclic amines) is 1. The lowest BCUT2D eigenvalue weighted by Gasteiger charge is -2.15. The SMILES string of the molecule is N#Cc1ccccc1NC(=O)c1cc(C(=O)N2CCCC2)ccn1. The van der Waals surface area contributed by atoms with Crippen molar-refractivity contribution in [3.8, 4) is 6.07 Å². The Balaban J connectivity index is 1.79. The van der Waals surface area contributed by atoms with Crippen LogP contribution in [0.25, 0.3) is 0 Å². The zero-order valence-corrected chi connectivity index (χ0v) is 13.0. The van der Waals surface area contributed by atoms with E-state index in [4.69, 9.17) is 5.26 Å². The van der Waals surface area contributed by atoms with Gasteiger partial charge in [-0.05, 0) is 37.1 Å². The van der Waals surface area contributed by atoms with Gasteiger partial charge in [0.25, 0.3) is 11.8 Å². The molecule has 120 valence electrons. The van der Waals surface area contributed by atoms with Crippen molar-refractivity contribution in [2.24, 2.45) is 0 Å². The maximum atomic E-state index is 12.4. The summed E-state index contributed by atoms with van der Waals surface area (Å²) in [6, 6.07) is 11.9. The van der Waals surface area contributed by atoms with Gasteiger partial charge in [0.1, 0.15) is 11.8 Å². The van der Waals surface area contributed by atoms with Crippen LogP contribution in [0.15, 0.2) is 42.6 Å². The van der Waals surface area contributed by atoms with E-state index in [0.29, 0.717) is 16.8 Å². The number of benzene rings is 1. The van der Waals surface area contributed by atoms with Crippen molar-refractivity contribution >= 4 is 17.5 Å². The molecule has 1 saturated heterocycles. The van der Waals surface area contributed by atoms with Crippen LogP contribution in [0.2, 0.25) is 0 Å². The van der Waals surface area contributed by atoms with Crippen molar-refractivity contribution in [3.05, 3.63) is 59.4 Å². The van der Waals surface area contributed by atoms with Crippen LogP contribution < -0.4 is 5.32 Å². The summed E-state index contributed by atoms with van der Waals surface area (Å²) >= 11 is 0. The van der Waals surface area contributed by atoms with Gasteiger partial charge >= 0.3 is 0 Å². The molecule has 2 amide bonds. The zero-order valence-electron chi connectivity index (χ0n) is 13.0. The molecule has 1 aliphatic rings. The fourth-order valence-corrected chi connectivity index (χ4v) is 2.67. The molecule has 0 saturated carbocycles. The second-order valence-electron chi connectivity index (χ2n) is 5.54. The fourth-order valence-electron chi connectivity index (χ4n) is 2.67. The molecule has 1 aliphatic heterocycles. The van der Waals surface area contributed by atoms with Crippen LogP contribution in [-0.2, 0) is 0 Å². The smallest absolute Gasteiger partial charge is 0.274 e. The molecule has 1 fully saturated rings. The van der Waals surface area contributed by atoms with E-state index in [1.54, 1.807) is 35.2 Å². The number of para-hydroxylation sites is 1. The standard InChI is InChI=1S/C18H16N4O2/c19-12-14-5-1-2-6-15(14)21-17(23)16-11-13(7-8-20-16)18(24)22-9-3-4-10-22/h1-2,5-8,11H,3-4,9-10H2,(H,21,23). The number of pyridine rings is 1. The normalized spacial score (nSPS) is 13.4. The molecule has 0 spiro atoms. The Morgan fingerprint density at radius 2 is 1.92 bits per heavy atom. The Labute approximate surface area is 139 Å². The Kier molecular flexibility index (Phi) is 4.52. The minimum Gasteiger partial charge on any atom is -0.339 e. The number of nitrogens with one attached hydrogen (secondary N) is 1. The number of nitrogens with zero attached hydrogens (tertiary/aromatic N) is 3. The van der Waals surface area contributed by atoms with Crippen LogP contribution in [-0.4, -0.2) is 34.8 Å². The Morgan fingerprint density at radius 3 is 2.67 bits per heavy atom. The van der Waals surface area contributed by atoms with E-state index in [1.165, 1.54) is 12.3 Å². The molecule has 6 nitrogen and oxygen atoms in total. The van der Waals surface area contributed by atoms with E-state index >= 15 is 0 Å². The highest BCUT2D eigenvalue weighted by molar-refractivity contribution is 6.05. The first-order valence-electron chi connectivity index (χ1n) is 7.75. The summed E-state index contributed by atoms with van der Waals surface area (Å²) in [6.07, 6.45) is 3.47. The quantitative estimate of drug-likeness (QED) is 0.941. The number of aromatic nitrogens is 1. The van der Waals surface area contributed by atoms with E-state index in [9.17, 15) is 9.59 Å². The Morgan fingerprint density at radius 1 is 1.17 bits per heavy atom. The van der Waals surface area contributed by atoms with Crippen LogP contribution in [0, 0.1) is 11.3 Å². The van der Waals surface area contributed by atoms with Crippen LogP contribution in [0.1, 0.15) is 39.3 Å². The molecule has 0 bridgehead atoms. The molecule has 24 heavy (non-hydrogen) atoms. The predicted molar refractivity (Wildman–Crippen MR) is 88.5 cm³/mol. The first-order chi connectivity index (χ1) is 11.7. The molecular formula is C18H16N4O2. The number of amides is 2. The van der Waals surface area contributed by atoms with Gasteiger partial charge in [-0.3, -0.25) is 14.6 Å². The molecular weight excluding hydrogens is 304 g/mol. The number of carbonyl (C=O) groups is 2. The third-order valence-electron chi connectivity index (χ3n) is 3.93. The third-order valence-corrected chi connectivity index (χ3v) is 3.93. The summed E-state index contributed by atoms with van der Waals surface area (Å²) in [5.41, 5.74) is 1.39. The number of anilines is 1. The summed E-state index contributed by atoms with van der Waals surface area (Å²) in [4.78, 5) is 30.6. The molecule has 0 unspecified atom stereocenters. The van der Waals surface area contributed by atoms with E-state index in [0.717, 1.165) is 25.9 Å². The van der Waals surface area contributed by atoms with Crippen molar-refractivity contribution < 1.29 is 9.59 Å². The summed E-state index contributed by atoms with van der Waals surface area (Å²) < 4.78 is 0. The van der Waals surface area contributed by atoms with Gasteiger partial charge in [-0.15, -0.1) is 0 Å². The minimum atomic E-state index is -0.450. The molecule has 0 atom stereocenters. The van der Waals surface area contributed by atoms with E-state index in [2.05, 4.69) is 10.3 Å². The molecule has 1 aromatic heterocycles. The monoisotopic (exact) mass is 320 g/mol. The van der Waals surface area contributed by atoms with Gasteiger partial charge in [0.05, 0.1) is 11.3 Å².